The van der Waals surface area contributed by atoms with Crippen LogP contribution in [-0.4, -0.2) is 23.8 Å². The van der Waals surface area contributed by atoms with Gasteiger partial charge in [0.25, 0.3) is 5.69 Å². The summed E-state index contributed by atoms with van der Waals surface area (Å²) in [6.07, 6.45) is 6.28. The Labute approximate surface area is 143 Å². The Kier molecular flexibility index (Phi) is 2.62. The summed E-state index contributed by atoms with van der Waals surface area (Å²) in [6, 6.07) is 4.21. The van der Waals surface area contributed by atoms with Crippen molar-refractivity contribution in [2.45, 2.75) is 12.8 Å². The number of carbonyl (C=O) groups excluding carboxylic acids is 2. The molecule has 3 fully saturated rings. The highest BCUT2D eigenvalue weighted by atomic mass is 16.6. The predicted molar refractivity (Wildman–Crippen MR) is 86.9 cm³/mol. The van der Waals surface area contributed by atoms with Gasteiger partial charge in [-0.05, 0) is 42.2 Å². The van der Waals surface area contributed by atoms with E-state index in [2.05, 4.69) is 12.2 Å². The molecule has 7 nitrogen and oxygen atoms in total. The number of hydrogen-bond acceptors (Lipinski definition) is 5. The van der Waals surface area contributed by atoms with Crippen LogP contribution >= 0.6 is 0 Å². The number of benzene rings is 1. The first-order chi connectivity index (χ1) is 12.0. The fourth-order valence-electron chi connectivity index (χ4n) is 5.28. The molecule has 0 N–H and O–H groups in total. The third-order valence-electron chi connectivity index (χ3n) is 6.47. The summed E-state index contributed by atoms with van der Waals surface area (Å²) in [5, 5.41) is 11.4. The van der Waals surface area contributed by atoms with Crippen LogP contribution in [0.5, 0.6) is 5.75 Å². The zero-order valence-corrected chi connectivity index (χ0v) is 13.5. The molecule has 2 saturated carbocycles. The molecule has 7 heteroatoms. The van der Waals surface area contributed by atoms with Gasteiger partial charge in [-0.15, -0.1) is 0 Å². The number of nitro groups is 1. The van der Waals surface area contributed by atoms with Gasteiger partial charge in [0, 0.05) is 0 Å². The second kappa shape index (κ2) is 4.47. The van der Waals surface area contributed by atoms with Gasteiger partial charge in [0.1, 0.15) is 11.4 Å². The molecular formula is C18H16N2O5. The lowest BCUT2D eigenvalue weighted by Gasteiger charge is -2.21. The molecule has 2 bridgehead atoms. The summed E-state index contributed by atoms with van der Waals surface area (Å²) in [4.78, 5) is 38.0. The van der Waals surface area contributed by atoms with Crippen molar-refractivity contribution < 1.29 is 19.2 Å². The van der Waals surface area contributed by atoms with Gasteiger partial charge < -0.3 is 4.74 Å². The molecule has 4 atom stereocenters. The SMILES string of the molecule is COc1ccc(N2C(=O)[C@@H]3[C@@H](C2=O)[C@@H]2C=C[C@H]3C23CC3)c([N+](=O)[O-])c1. The number of amides is 2. The van der Waals surface area contributed by atoms with Crippen molar-refractivity contribution in [2.24, 2.45) is 29.1 Å². The van der Waals surface area contributed by atoms with E-state index in [1.54, 1.807) is 0 Å². The second-order valence-electron chi connectivity index (χ2n) is 7.34. The Morgan fingerprint density at radius 2 is 1.76 bits per heavy atom. The molecule has 4 aliphatic rings. The summed E-state index contributed by atoms with van der Waals surface area (Å²) in [5.74, 6) is -0.827. The highest BCUT2D eigenvalue weighted by Crippen LogP contribution is 2.73. The largest absolute Gasteiger partial charge is 0.496 e. The van der Waals surface area contributed by atoms with Crippen LogP contribution in [0.15, 0.2) is 30.4 Å². The van der Waals surface area contributed by atoms with E-state index in [1.165, 1.54) is 25.3 Å². The van der Waals surface area contributed by atoms with Crippen molar-refractivity contribution in [2.75, 3.05) is 12.0 Å². The van der Waals surface area contributed by atoms with Crippen LogP contribution < -0.4 is 9.64 Å². The molecular weight excluding hydrogens is 324 g/mol. The Hall–Kier alpha value is -2.70. The van der Waals surface area contributed by atoms with E-state index in [0.717, 1.165) is 17.7 Å². The molecule has 3 aliphatic carbocycles. The summed E-state index contributed by atoms with van der Waals surface area (Å²) in [6.45, 7) is 0. The van der Waals surface area contributed by atoms with Crippen molar-refractivity contribution in [3.05, 3.63) is 40.5 Å². The number of anilines is 1. The maximum Gasteiger partial charge on any atom is 0.297 e. The average Bonchev–Trinajstić information content (AvgIpc) is 3.20. The molecule has 5 rings (SSSR count). The van der Waals surface area contributed by atoms with Gasteiger partial charge in [-0.1, -0.05) is 12.2 Å². The highest BCUT2D eigenvalue weighted by molar-refractivity contribution is 6.24. The van der Waals surface area contributed by atoms with Crippen molar-refractivity contribution in [1.82, 2.24) is 0 Å². The minimum atomic E-state index is -0.582. The Bertz CT molecular complexity index is 838. The minimum Gasteiger partial charge on any atom is -0.496 e. The van der Waals surface area contributed by atoms with Crippen LogP contribution in [-0.2, 0) is 9.59 Å². The van der Waals surface area contributed by atoms with Gasteiger partial charge in [-0.2, -0.15) is 0 Å². The van der Waals surface area contributed by atoms with Gasteiger partial charge in [0.05, 0.1) is 29.9 Å². The lowest BCUT2D eigenvalue weighted by atomic mass is 9.85. The van der Waals surface area contributed by atoms with E-state index in [1.807, 2.05) is 0 Å². The van der Waals surface area contributed by atoms with Crippen molar-refractivity contribution in [1.29, 1.82) is 0 Å². The molecule has 1 aliphatic heterocycles. The lowest BCUT2D eigenvalue weighted by molar-refractivity contribution is -0.384. The number of carbonyl (C=O) groups is 2. The number of fused-ring (bicyclic) bond motifs is 3. The first-order valence-corrected chi connectivity index (χ1v) is 8.38. The zero-order valence-electron chi connectivity index (χ0n) is 13.5. The van der Waals surface area contributed by atoms with Gasteiger partial charge in [-0.3, -0.25) is 19.7 Å². The van der Waals surface area contributed by atoms with Crippen LogP contribution in [0.3, 0.4) is 0 Å². The van der Waals surface area contributed by atoms with Crippen molar-refractivity contribution >= 4 is 23.2 Å². The van der Waals surface area contributed by atoms with Crippen molar-refractivity contribution in [3.63, 3.8) is 0 Å². The van der Waals surface area contributed by atoms with E-state index in [4.69, 9.17) is 4.74 Å². The minimum absolute atomic E-state index is 0.0412. The van der Waals surface area contributed by atoms with E-state index >= 15 is 0 Å². The number of allylic oxidation sites excluding steroid dienone is 2. The normalized spacial score (nSPS) is 33.2. The molecule has 1 spiro atoms. The standard InChI is InChI=1S/C18H16N2O5/c1-25-9-2-5-12(13(8-9)20(23)24)19-16(21)14-10-3-4-11(15(14)17(19)22)18(10)6-7-18/h2-5,8,10-11,14-15H,6-7H2,1H3/t10-,11+,14-,15-/m0/s1. The molecule has 1 heterocycles. The number of imide groups is 1. The van der Waals surface area contributed by atoms with Gasteiger partial charge >= 0.3 is 0 Å². The van der Waals surface area contributed by atoms with Crippen LogP contribution in [0.4, 0.5) is 11.4 Å². The fourth-order valence-corrected chi connectivity index (χ4v) is 5.28. The first-order valence-electron chi connectivity index (χ1n) is 8.38. The van der Waals surface area contributed by atoms with E-state index < -0.39 is 4.92 Å². The number of rotatable bonds is 3. The number of nitro benzene ring substituents is 1. The fraction of sp³-hybridized carbons (Fsp3) is 0.444. The predicted octanol–water partition coefficient (Wildman–Crippen LogP) is 2.30. The smallest absolute Gasteiger partial charge is 0.297 e. The number of hydrogen-bond donors (Lipinski definition) is 0. The average molecular weight is 340 g/mol. The number of nitrogens with zero attached hydrogens (tertiary/aromatic N) is 2. The molecule has 25 heavy (non-hydrogen) atoms. The molecule has 1 saturated heterocycles. The topological polar surface area (TPSA) is 89.8 Å². The summed E-state index contributed by atoms with van der Waals surface area (Å²) >= 11 is 0. The third-order valence-corrected chi connectivity index (χ3v) is 6.47. The van der Waals surface area contributed by atoms with Gasteiger partial charge in [0.15, 0.2) is 0 Å². The van der Waals surface area contributed by atoms with Crippen molar-refractivity contribution in [3.8, 4) is 5.75 Å². The molecule has 1 aromatic rings. The summed E-state index contributed by atoms with van der Waals surface area (Å²) < 4.78 is 5.03. The molecule has 0 radical (unpaired) electrons. The van der Waals surface area contributed by atoms with Gasteiger partial charge in [0.2, 0.25) is 11.8 Å². The molecule has 128 valence electrons. The summed E-state index contributed by atoms with van der Waals surface area (Å²) in [5.41, 5.74) is -0.139. The lowest BCUT2D eigenvalue weighted by Crippen LogP contribution is -2.35. The number of ether oxygens (including phenoxy) is 1. The zero-order chi connectivity index (χ0) is 17.5. The third kappa shape index (κ3) is 1.61. The molecule has 2 amide bonds. The van der Waals surface area contributed by atoms with Gasteiger partial charge in [-0.25, -0.2) is 4.90 Å². The quantitative estimate of drug-likeness (QED) is 0.364. The number of methoxy groups -OCH3 is 1. The van der Waals surface area contributed by atoms with E-state index in [0.29, 0.717) is 5.75 Å². The molecule has 1 aromatic carbocycles. The molecule has 0 unspecified atom stereocenters. The Morgan fingerprint density at radius 1 is 1.16 bits per heavy atom. The molecule has 0 aromatic heterocycles. The van der Waals surface area contributed by atoms with Crippen LogP contribution in [0.1, 0.15) is 12.8 Å². The maximum atomic E-state index is 13.0. The summed E-state index contributed by atoms with van der Waals surface area (Å²) in [7, 11) is 1.41. The van der Waals surface area contributed by atoms with E-state index in [9.17, 15) is 19.7 Å². The highest BCUT2D eigenvalue weighted by Gasteiger charge is 2.73. The second-order valence-corrected chi connectivity index (χ2v) is 7.34. The monoisotopic (exact) mass is 340 g/mol. The van der Waals surface area contributed by atoms with E-state index in [-0.39, 0.29) is 52.3 Å². The maximum absolute atomic E-state index is 13.0. The Balaban J connectivity index is 1.59. The first kappa shape index (κ1) is 14.6. The van der Waals surface area contributed by atoms with Crippen LogP contribution in [0.2, 0.25) is 0 Å². The van der Waals surface area contributed by atoms with Crippen LogP contribution in [0, 0.1) is 39.2 Å². The Morgan fingerprint density at radius 3 is 2.24 bits per heavy atom. The van der Waals surface area contributed by atoms with Crippen LogP contribution in [0.25, 0.3) is 0 Å².